The number of amides is 2. The molecule has 0 radical (unpaired) electrons. The average Bonchev–Trinajstić information content (AvgIpc) is 2.85. The molecule has 2 rings (SSSR count). The molecule has 2 N–H and O–H groups in total. The zero-order valence-corrected chi connectivity index (χ0v) is 21.9. The number of aryl methyl sites for hydroxylation is 3. The molecule has 0 spiro atoms. The summed E-state index contributed by atoms with van der Waals surface area (Å²) in [4.78, 5) is 61.9. The Kier molecular flexibility index (Phi) is 11.0. The van der Waals surface area contributed by atoms with Crippen molar-refractivity contribution in [1.82, 2.24) is 10.6 Å². The summed E-state index contributed by atoms with van der Waals surface area (Å²) in [6.45, 7) is 6.49. The fraction of sp³-hybridized carbons (Fsp3) is 0.393. The molecule has 0 heterocycles. The number of methoxy groups -OCH3 is 1. The highest BCUT2D eigenvalue weighted by Gasteiger charge is 2.26. The first kappa shape index (κ1) is 29.2. The molecule has 0 saturated carbocycles. The zero-order chi connectivity index (χ0) is 27.5. The Morgan fingerprint density at radius 2 is 1.51 bits per heavy atom. The first-order valence-electron chi connectivity index (χ1n) is 12.0. The molecular weight excluding hydrogens is 476 g/mol. The fourth-order valence-corrected chi connectivity index (χ4v) is 3.87. The first-order chi connectivity index (χ1) is 17.5. The van der Waals surface area contributed by atoms with Crippen molar-refractivity contribution < 1.29 is 33.4 Å². The summed E-state index contributed by atoms with van der Waals surface area (Å²) in [5.41, 5.74) is 3.73. The molecule has 0 bridgehead atoms. The van der Waals surface area contributed by atoms with Crippen LogP contribution in [-0.2, 0) is 35.1 Å². The summed E-state index contributed by atoms with van der Waals surface area (Å²) >= 11 is 0. The lowest BCUT2D eigenvalue weighted by molar-refractivity contribution is -0.142. The topological polar surface area (TPSA) is 128 Å². The van der Waals surface area contributed by atoms with E-state index in [0.717, 1.165) is 22.3 Å². The van der Waals surface area contributed by atoms with Crippen molar-refractivity contribution in [3.63, 3.8) is 0 Å². The minimum atomic E-state index is -0.983. The maximum Gasteiger partial charge on any atom is 0.339 e. The van der Waals surface area contributed by atoms with Crippen molar-refractivity contribution in [2.75, 3.05) is 13.7 Å². The Morgan fingerprint density at radius 1 is 0.892 bits per heavy atom. The van der Waals surface area contributed by atoms with E-state index in [1.54, 1.807) is 26.0 Å². The Hall–Kier alpha value is -4.01. The van der Waals surface area contributed by atoms with Crippen LogP contribution >= 0.6 is 0 Å². The molecule has 0 aliphatic heterocycles. The van der Waals surface area contributed by atoms with E-state index in [1.807, 2.05) is 37.3 Å². The maximum absolute atomic E-state index is 13.0. The zero-order valence-electron chi connectivity index (χ0n) is 21.9. The predicted molar refractivity (Wildman–Crippen MR) is 137 cm³/mol. The number of hydrogen-bond donors (Lipinski definition) is 2. The van der Waals surface area contributed by atoms with E-state index in [-0.39, 0.29) is 19.3 Å². The van der Waals surface area contributed by atoms with Gasteiger partial charge < -0.3 is 20.1 Å². The highest BCUT2D eigenvalue weighted by Crippen LogP contribution is 2.17. The van der Waals surface area contributed by atoms with Gasteiger partial charge in [0.1, 0.15) is 6.04 Å². The van der Waals surface area contributed by atoms with Crippen LogP contribution < -0.4 is 10.6 Å². The highest BCUT2D eigenvalue weighted by atomic mass is 16.5. The van der Waals surface area contributed by atoms with Crippen LogP contribution in [0.1, 0.15) is 52.4 Å². The third kappa shape index (κ3) is 9.18. The van der Waals surface area contributed by atoms with Gasteiger partial charge in [-0.25, -0.2) is 4.79 Å². The number of nitrogens with one attached hydrogen (secondary N) is 2. The normalized spacial score (nSPS) is 12.1. The van der Waals surface area contributed by atoms with Gasteiger partial charge in [0.2, 0.25) is 11.8 Å². The third-order valence-corrected chi connectivity index (χ3v) is 5.79. The van der Waals surface area contributed by atoms with Crippen LogP contribution in [0.25, 0.3) is 0 Å². The number of ether oxygens (including phenoxy) is 2. The minimum Gasteiger partial charge on any atom is -0.469 e. The molecule has 2 aromatic carbocycles. The fourth-order valence-electron chi connectivity index (χ4n) is 3.87. The predicted octanol–water partition coefficient (Wildman–Crippen LogP) is 2.52. The summed E-state index contributed by atoms with van der Waals surface area (Å²) < 4.78 is 9.77. The van der Waals surface area contributed by atoms with Crippen LogP contribution in [0.4, 0.5) is 0 Å². The average molecular weight is 511 g/mol. The van der Waals surface area contributed by atoms with E-state index in [9.17, 15) is 24.0 Å². The molecule has 0 aromatic heterocycles. The van der Waals surface area contributed by atoms with E-state index in [0.29, 0.717) is 5.56 Å². The van der Waals surface area contributed by atoms with Gasteiger partial charge in [0.15, 0.2) is 12.4 Å². The molecule has 2 aromatic rings. The smallest absolute Gasteiger partial charge is 0.339 e. The van der Waals surface area contributed by atoms with Crippen LogP contribution in [-0.4, -0.2) is 55.3 Å². The molecule has 2 amide bonds. The molecule has 9 heteroatoms. The van der Waals surface area contributed by atoms with Gasteiger partial charge in [0, 0.05) is 12.8 Å². The van der Waals surface area contributed by atoms with Crippen LogP contribution in [0.2, 0.25) is 0 Å². The number of esters is 2. The van der Waals surface area contributed by atoms with E-state index in [2.05, 4.69) is 15.4 Å². The summed E-state index contributed by atoms with van der Waals surface area (Å²) in [5.74, 6) is -2.73. The van der Waals surface area contributed by atoms with Crippen molar-refractivity contribution >= 4 is 29.5 Å². The molecule has 2 atom stereocenters. The lowest BCUT2D eigenvalue weighted by atomic mass is 10.00. The number of carbonyl (C=O) groups is 5. The van der Waals surface area contributed by atoms with Gasteiger partial charge in [-0.2, -0.15) is 0 Å². The van der Waals surface area contributed by atoms with Gasteiger partial charge in [-0.3, -0.25) is 19.2 Å². The number of Topliss-reactive ketones (excluding diaryl/α,β-unsaturated/α-hetero) is 1. The first-order valence-corrected chi connectivity index (χ1v) is 12.0. The van der Waals surface area contributed by atoms with Crippen molar-refractivity contribution in [2.24, 2.45) is 0 Å². The van der Waals surface area contributed by atoms with Gasteiger partial charge in [-0.05, 0) is 44.4 Å². The maximum atomic E-state index is 13.0. The van der Waals surface area contributed by atoms with Gasteiger partial charge in [0.25, 0.3) is 0 Å². The van der Waals surface area contributed by atoms with E-state index >= 15 is 0 Å². The second-order valence-corrected chi connectivity index (χ2v) is 8.93. The van der Waals surface area contributed by atoms with E-state index in [4.69, 9.17) is 4.74 Å². The summed E-state index contributed by atoms with van der Waals surface area (Å²) in [6.07, 6.45) is -0.0891. The number of carbonyl (C=O) groups excluding carboxylic acids is 5. The quantitative estimate of drug-likeness (QED) is 0.420. The van der Waals surface area contributed by atoms with Gasteiger partial charge in [0.05, 0.1) is 25.1 Å². The number of benzene rings is 2. The summed E-state index contributed by atoms with van der Waals surface area (Å²) in [5, 5.41) is 5.21. The van der Waals surface area contributed by atoms with Crippen LogP contribution in [0.5, 0.6) is 0 Å². The molecule has 0 unspecified atom stereocenters. The van der Waals surface area contributed by atoms with Crippen molar-refractivity contribution in [1.29, 1.82) is 0 Å². The standard InChI is InChI=1S/C28H34N2O7/c1-17-13-18(2)26(19(3)14-17)28(35)37-16-23(31)20(4)29-27(34)22(15-21-9-7-6-8-10-21)30-24(32)11-12-25(33)36-5/h6-10,13-14,20,22H,11-12,15-16H2,1-5H3,(H,29,34)(H,30,32)/t20-,22-/m0/s1. The monoisotopic (exact) mass is 510 g/mol. The van der Waals surface area contributed by atoms with Gasteiger partial charge >= 0.3 is 11.9 Å². The van der Waals surface area contributed by atoms with Crippen molar-refractivity contribution in [3.8, 4) is 0 Å². The van der Waals surface area contributed by atoms with Crippen molar-refractivity contribution in [3.05, 3.63) is 70.3 Å². The Labute approximate surface area is 216 Å². The molecule has 9 nitrogen and oxygen atoms in total. The molecule has 0 aliphatic carbocycles. The Balaban J connectivity index is 2.00. The molecule has 0 saturated heterocycles. The highest BCUT2D eigenvalue weighted by molar-refractivity contribution is 5.97. The Bertz CT molecular complexity index is 1120. The largest absolute Gasteiger partial charge is 0.469 e. The third-order valence-electron chi connectivity index (χ3n) is 5.79. The Morgan fingerprint density at radius 3 is 2.11 bits per heavy atom. The molecule has 0 fully saturated rings. The number of ketones is 1. The second-order valence-electron chi connectivity index (χ2n) is 8.93. The number of rotatable bonds is 12. The van der Waals surface area contributed by atoms with Crippen LogP contribution in [0.3, 0.4) is 0 Å². The summed E-state index contributed by atoms with van der Waals surface area (Å²) in [6, 6.07) is 10.8. The van der Waals surface area contributed by atoms with E-state index < -0.39 is 48.2 Å². The SMILES string of the molecule is COC(=O)CCC(=O)N[C@@H](Cc1ccccc1)C(=O)N[C@@H](C)C(=O)COC(=O)c1c(C)cc(C)cc1C. The second kappa shape index (κ2) is 13.9. The molecule has 0 aliphatic rings. The molecule has 37 heavy (non-hydrogen) atoms. The van der Waals surface area contributed by atoms with Gasteiger partial charge in [-0.1, -0.05) is 48.0 Å². The lowest BCUT2D eigenvalue weighted by Gasteiger charge is -2.21. The van der Waals surface area contributed by atoms with E-state index in [1.165, 1.54) is 14.0 Å². The lowest BCUT2D eigenvalue weighted by Crippen LogP contribution is -2.52. The van der Waals surface area contributed by atoms with Crippen LogP contribution in [0, 0.1) is 20.8 Å². The van der Waals surface area contributed by atoms with Crippen molar-refractivity contribution in [2.45, 2.75) is 59.0 Å². The number of hydrogen-bond acceptors (Lipinski definition) is 7. The minimum absolute atomic E-state index is 0.123. The van der Waals surface area contributed by atoms with Crippen LogP contribution in [0.15, 0.2) is 42.5 Å². The molecular formula is C28H34N2O7. The summed E-state index contributed by atoms with van der Waals surface area (Å²) in [7, 11) is 1.23. The molecule has 198 valence electrons. The van der Waals surface area contributed by atoms with Gasteiger partial charge in [-0.15, -0.1) is 0 Å².